The molecule has 2 aliphatic rings. The van der Waals surface area contributed by atoms with E-state index in [2.05, 4.69) is 53.4 Å². The van der Waals surface area contributed by atoms with Gasteiger partial charge in [-0.3, -0.25) is 0 Å². The van der Waals surface area contributed by atoms with Gasteiger partial charge in [-0.2, -0.15) is 0 Å². The van der Waals surface area contributed by atoms with Crippen LogP contribution in [0.1, 0.15) is 22.7 Å². The lowest BCUT2D eigenvalue weighted by atomic mass is 9.96. The second kappa shape index (κ2) is 4.58. The summed E-state index contributed by atoms with van der Waals surface area (Å²) in [4.78, 5) is 2.44. The van der Waals surface area contributed by atoms with E-state index in [0.29, 0.717) is 13.1 Å². The van der Waals surface area contributed by atoms with Gasteiger partial charge in [0.1, 0.15) is 12.6 Å². The smallest absolute Gasteiger partial charge is 0.104 e. The van der Waals surface area contributed by atoms with Crippen molar-refractivity contribution in [2.24, 2.45) is 0 Å². The maximum absolute atomic E-state index is 12.5. The highest BCUT2D eigenvalue weighted by molar-refractivity contribution is 5.60. The zero-order valence-electron chi connectivity index (χ0n) is 12.3. The Kier molecular flexibility index (Phi) is 2.81. The summed E-state index contributed by atoms with van der Waals surface area (Å²) in [6, 6.07) is 17.4. The minimum absolute atomic E-state index is 0.141. The van der Waals surface area contributed by atoms with E-state index in [0.717, 1.165) is 13.0 Å². The van der Waals surface area contributed by atoms with Crippen LogP contribution in [-0.4, -0.2) is 31.3 Å². The summed E-state index contributed by atoms with van der Waals surface area (Å²) < 4.78 is -0.141. The molecule has 0 aliphatic carbocycles. The Morgan fingerprint density at radius 2 is 1.76 bits per heavy atom. The lowest BCUT2D eigenvalue weighted by Crippen LogP contribution is -2.55. The zero-order valence-corrected chi connectivity index (χ0v) is 12.3. The standard InChI is InChI=1S/C18H20N2O/c1-20(21)11-10-19-17-9-5-3-7-15(17)12-14-6-2-4-8-16(14)18(19)13-20/h2-9,18H,10-13H2,1H3/t18-,20-/m0/s1. The normalized spacial score (nSPS) is 27.3. The van der Waals surface area contributed by atoms with Gasteiger partial charge >= 0.3 is 0 Å². The molecular weight excluding hydrogens is 260 g/mol. The molecule has 2 atom stereocenters. The number of nitrogens with zero attached hydrogens (tertiary/aromatic N) is 2. The average molecular weight is 280 g/mol. The highest BCUT2D eigenvalue weighted by atomic mass is 16.5. The highest BCUT2D eigenvalue weighted by Crippen LogP contribution is 2.39. The Morgan fingerprint density at radius 3 is 2.62 bits per heavy atom. The molecule has 0 saturated carbocycles. The Labute approximate surface area is 125 Å². The maximum Gasteiger partial charge on any atom is 0.104 e. The second-order valence-electron chi connectivity index (χ2n) is 6.42. The fraction of sp³-hybridized carbons (Fsp3) is 0.333. The van der Waals surface area contributed by atoms with E-state index in [9.17, 15) is 5.21 Å². The third kappa shape index (κ3) is 2.13. The van der Waals surface area contributed by atoms with Gasteiger partial charge in [0.2, 0.25) is 0 Å². The van der Waals surface area contributed by atoms with Crippen molar-refractivity contribution in [3.8, 4) is 0 Å². The molecule has 1 fully saturated rings. The van der Waals surface area contributed by atoms with Crippen LogP contribution in [0.25, 0.3) is 0 Å². The van der Waals surface area contributed by atoms with Gasteiger partial charge in [0.15, 0.2) is 0 Å². The Morgan fingerprint density at radius 1 is 1.05 bits per heavy atom. The molecule has 1 saturated heterocycles. The van der Waals surface area contributed by atoms with Crippen molar-refractivity contribution in [1.29, 1.82) is 0 Å². The predicted molar refractivity (Wildman–Crippen MR) is 85.1 cm³/mol. The number of hydroxylamine groups is 3. The maximum atomic E-state index is 12.5. The molecule has 0 amide bonds. The van der Waals surface area contributed by atoms with Crippen molar-refractivity contribution in [3.63, 3.8) is 0 Å². The van der Waals surface area contributed by atoms with Crippen molar-refractivity contribution in [2.45, 2.75) is 12.5 Å². The fourth-order valence-electron chi connectivity index (χ4n) is 3.75. The molecule has 2 aromatic carbocycles. The number of hydrogen-bond donors (Lipinski definition) is 0. The van der Waals surface area contributed by atoms with Gasteiger partial charge in [-0.05, 0) is 29.2 Å². The van der Waals surface area contributed by atoms with Gasteiger partial charge in [0, 0.05) is 5.69 Å². The minimum Gasteiger partial charge on any atom is -0.633 e. The third-order valence-electron chi connectivity index (χ3n) is 4.85. The first-order valence-electron chi connectivity index (χ1n) is 7.62. The van der Waals surface area contributed by atoms with E-state index in [4.69, 9.17) is 0 Å². The summed E-state index contributed by atoms with van der Waals surface area (Å²) in [7, 11) is 1.80. The van der Waals surface area contributed by atoms with Crippen molar-refractivity contribution in [1.82, 2.24) is 0 Å². The van der Waals surface area contributed by atoms with E-state index < -0.39 is 0 Å². The van der Waals surface area contributed by atoms with E-state index in [1.165, 1.54) is 22.4 Å². The van der Waals surface area contributed by atoms with Crippen LogP contribution in [0.4, 0.5) is 5.69 Å². The van der Waals surface area contributed by atoms with Gasteiger partial charge in [0.05, 0.1) is 20.1 Å². The van der Waals surface area contributed by atoms with E-state index in [1.807, 2.05) is 0 Å². The largest absolute Gasteiger partial charge is 0.633 e. The van der Waals surface area contributed by atoms with Crippen LogP contribution >= 0.6 is 0 Å². The Bertz CT molecular complexity index is 680. The number of piperazine rings is 1. The number of fused-ring (bicyclic) bond motifs is 5. The molecule has 108 valence electrons. The summed E-state index contributed by atoms with van der Waals surface area (Å²) in [5, 5.41) is 12.5. The van der Waals surface area contributed by atoms with Gasteiger partial charge in [-0.1, -0.05) is 42.5 Å². The van der Waals surface area contributed by atoms with Crippen LogP contribution in [0.2, 0.25) is 0 Å². The van der Waals surface area contributed by atoms with Crippen molar-refractivity contribution >= 4 is 5.69 Å². The summed E-state index contributed by atoms with van der Waals surface area (Å²) in [5.41, 5.74) is 5.36. The Balaban J connectivity index is 1.90. The molecule has 0 N–H and O–H groups in total. The van der Waals surface area contributed by atoms with Crippen LogP contribution in [0.3, 0.4) is 0 Å². The quantitative estimate of drug-likeness (QED) is 0.547. The number of quaternary nitrogens is 1. The van der Waals surface area contributed by atoms with Gasteiger partial charge in [-0.15, -0.1) is 0 Å². The predicted octanol–water partition coefficient (Wildman–Crippen LogP) is 3.10. The number of benzene rings is 2. The molecule has 4 rings (SSSR count). The number of anilines is 1. The number of para-hydroxylation sites is 1. The Hall–Kier alpha value is -1.84. The van der Waals surface area contributed by atoms with Crippen LogP contribution < -0.4 is 4.90 Å². The summed E-state index contributed by atoms with van der Waals surface area (Å²) in [6.07, 6.45) is 0.960. The van der Waals surface area contributed by atoms with E-state index in [1.54, 1.807) is 7.05 Å². The second-order valence-corrected chi connectivity index (χ2v) is 6.42. The first kappa shape index (κ1) is 12.9. The molecule has 0 radical (unpaired) electrons. The topological polar surface area (TPSA) is 26.3 Å². The monoisotopic (exact) mass is 280 g/mol. The lowest BCUT2D eigenvalue weighted by molar-refractivity contribution is -0.864. The van der Waals surface area contributed by atoms with Gasteiger partial charge in [0.25, 0.3) is 0 Å². The van der Waals surface area contributed by atoms with Gasteiger partial charge in [-0.25, -0.2) is 0 Å². The molecule has 21 heavy (non-hydrogen) atoms. The summed E-state index contributed by atoms with van der Waals surface area (Å²) >= 11 is 0. The molecule has 3 nitrogen and oxygen atoms in total. The molecule has 0 unspecified atom stereocenters. The SMILES string of the molecule is C[N@+]1([O-])CCN2c3ccccc3Cc3ccccc3[C@@H]2C1. The number of rotatable bonds is 0. The first-order valence-corrected chi connectivity index (χ1v) is 7.62. The molecule has 0 spiro atoms. The molecule has 2 aliphatic heterocycles. The summed E-state index contributed by atoms with van der Waals surface area (Å²) in [5.74, 6) is 0. The molecule has 3 heteroatoms. The average Bonchev–Trinajstić information content (AvgIpc) is 2.60. The van der Waals surface area contributed by atoms with Crippen LogP contribution in [0, 0.1) is 5.21 Å². The van der Waals surface area contributed by atoms with Crippen LogP contribution in [0.15, 0.2) is 48.5 Å². The molecule has 0 bridgehead atoms. The molecule has 2 aromatic rings. The zero-order chi connectivity index (χ0) is 14.4. The van der Waals surface area contributed by atoms with E-state index >= 15 is 0 Å². The van der Waals surface area contributed by atoms with Crippen molar-refractivity contribution in [2.75, 3.05) is 31.6 Å². The molecule has 2 heterocycles. The fourth-order valence-corrected chi connectivity index (χ4v) is 3.75. The first-order chi connectivity index (χ1) is 10.1. The molecular formula is C18H20N2O. The van der Waals surface area contributed by atoms with Gasteiger partial charge < -0.3 is 14.8 Å². The van der Waals surface area contributed by atoms with Crippen LogP contribution in [0.5, 0.6) is 0 Å². The highest BCUT2D eigenvalue weighted by Gasteiger charge is 2.36. The summed E-state index contributed by atoms with van der Waals surface area (Å²) in [6.45, 7) is 2.12. The third-order valence-corrected chi connectivity index (χ3v) is 4.85. The van der Waals surface area contributed by atoms with Crippen molar-refractivity contribution in [3.05, 3.63) is 70.4 Å². The minimum atomic E-state index is -0.141. The molecule has 0 aromatic heterocycles. The number of likely N-dealkylation sites (N-methyl/N-ethyl adjacent to an activating group) is 1. The van der Waals surface area contributed by atoms with Crippen LogP contribution in [-0.2, 0) is 6.42 Å². The van der Waals surface area contributed by atoms with E-state index in [-0.39, 0.29) is 10.7 Å². The number of hydrogen-bond acceptors (Lipinski definition) is 2. The van der Waals surface area contributed by atoms with Crippen molar-refractivity contribution < 1.29 is 4.65 Å². The lowest BCUT2D eigenvalue weighted by Gasteiger charge is -2.50.